The van der Waals surface area contributed by atoms with Gasteiger partial charge in [-0.15, -0.1) is 0 Å². The summed E-state index contributed by atoms with van der Waals surface area (Å²) in [6.07, 6.45) is 4.98. The summed E-state index contributed by atoms with van der Waals surface area (Å²) in [5.74, 6) is -0.204. The second-order valence-corrected chi connectivity index (χ2v) is 5.25. The van der Waals surface area contributed by atoms with Crippen LogP contribution in [0.15, 0.2) is 43.2 Å². The van der Waals surface area contributed by atoms with Gasteiger partial charge in [-0.05, 0) is 23.8 Å². The van der Waals surface area contributed by atoms with Gasteiger partial charge in [-0.25, -0.2) is 4.98 Å². The first-order valence-electron chi connectivity index (χ1n) is 6.20. The fraction of sp³-hybridized carbons (Fsp3) is 0. The molecule has 0 aliphatic carbocycles. The Hall–Kier alpha value is -2.10. The van der Waals surface area contributed by atoms with Crippen LogP contribution in [0.25, 0.3) is 17.1 Å². The van der Waals surface area contributed by atoms with E-state index in [2.05, 4.69) is 16.5 Å². The maximum Gasteiger partial charge on any atom is 0.196 e. The number of H-pyrrole nitrogens is 1. The molecule has 1 aromatic carbocycles. The number of nitrogens with one attached hydrogen (secondary N) is 1. The van der Waals surface area contributed by atoms with E-state index in [0.717, 1.165) is 10.9 Å². The zero-order valence-corrected chi connectivity index (χ0v) is 12.4. The molecular weight excluding hydrogens is 307 g/mol. The summed E-state index contributed by atoms with van der Waals surface area (Å²) in [4.78, 5) is 19.9. The minimum absolute atomic E-state index is 0.204. The van der Waals surface area contributed by atoms with E-state index in [0.29, 0.717) is 21.8 Å². The van der Waals surface area contributed by atoms with Crippen LogP contribution in [0.5, 0.6) is 0 Å². The number of hydrogen-bond donors (Lipinski definition) is 1. The van der Waals surface area contributed by atoms with Crippen molar-refractivity contribution in [3.05, 3.63) is 70.0 Å². The van der Waals surface area contributed by atoms with Gasteiger partial charge in [0, 0.05) is 23.3 Å². The molecule has 1 N–H and O–H groups in total. The predicted molar refractivity (Wildman–Crippen MR) is 86.1 cm³/mol. The molecule has 0 radical (unpaired) electrons. The molecule has 0 fully saturated rings. The highest BCUT2D eigenvalue weighted by atomic mass is 35.5. The summed E-state index contributed by atoms with van der Waals surface area (Å²) in [6, 6.07) is 6.80. The Morgan fingerprint density at radius 2 is 2.05 bits per heavy atom. The fourth-order valence-electron chi connectivity index (χ4n) is 2.26. The van der Waals surface area contributed by atoms with Crippen molar-refractivity contribution in [2.75, 3.05) is 0 Å². The monoisotopic (exact) mass is 316 g/mol. The van der Waals surface area contributed by atoms with Gasteiger partial charge in [-0.2, -0.15) is 0 Å². The number of carbonyl (C=O) groups excluding carboxylic acids is 1. The smallest absolute Gasteiger partial charge is 0.196 e. The van der Waals surface area contributed by atoms with Gasteiger partial charge in [0.2, 0.25) is 0 Å². The van der Waals surface area contributed by atoms with Crippen LogP contribution in [0.2, 0.25) is 10.0 Å². The van der Waals surface area contributed by atoms with Gasteiger partial charge in [-0.1, -0.05) is 41.9 Å². The Balaban J connectivity index is 2.23. The van der Waals surface area contributed by atoms with Crippen molar-refractivity contribution >= 4 is 46.1 Å². The molecule has 3 rings (SSSR count). The van der Waals surface area contributed by atoms with E-state index in [1.165, 1.54) is 0 Å². The zero-order chi connectivity index (χ0) is 15.0. The highest BCUT2D eigenvalue weighted by molar-refractivity contribution is 6.44. The average Bonchev–Trinajstić information content (AvgIpc) is 2.93. The third kappa shape index (κ3) is 2.24. The molecule has 0 aliphatic heterocycles. The van der Waals surface area contributed by atoms with Crippen molar-refractivity contribution in [1.82, 2.24) is 9.97 Å². The standard InChI is InChI=1S/C16H10Cl2N2O/c1-2-9-6-7-19-16-13(9)11(8-20-16)15(21)10-4-3-5-12(17)14(10)18/h2-8H,1H2,(H,19,20). The summed E-state index contributed by atoms with van der Waals surface area (Å²) in [7, 11) is 0. The first kappa shape index (κ1) is 13.9. The van der Waals surface area contributed by atoms with Crippen LogP contribution in [0.1, 0.15) is 21.5 Å². The quantitative estimate of drug-likeness (QED) is 0.709. The Bertz CT molecular complexity index is 868. The second kappa shape index (κ2) is 5.35. The van der Waals surface area contributed by atoms with Crippen LogP contribution in [0, 0.1) is 0 Å². The summed E-state index contributed by atoms with van der Waals surface area (Å²) in [5, 5.41) is 1.33. The fourth-order valence-corrected chi connectivity index (χ4v) is 2.64. The number of aromatic amines is 1. The molecule has 2 heterocycles. The van der Waals surface area contributed by atoms with Crippen LogP contribution in [-0.4, -0.2) is 15.8 Å². The van der Waals surface area contributed by atoms with Gasteiger partial charge >= 0.3 is 0 Å². The number of fused-ring (bicyclic) bond motifs is 1. The van der Waals surface area contributed by atoms with Gasteiger partial charge in [0.1, 0.15) is 5.65 Å². The molecular formula is C16H10Cl2N2O. The van der Waals surface area contributed by atoms with E-state index in [9.17, 15) is 4.79 Å². The SMILES string of the molecule is C=Cc1ccnc2[nH]cc(C(=O)c3cccc(Cl)c3Cl)c12. The van der Waals surface area contributed by atoms with E-state index in [4.69, 9.17) is 23.2 Å². The zero-order valence-electron chi connectivity index (χ0n) is 10.9. The number of benzene rings is 1. The van der Waals surface area contributed by atoms with E-state index in [1.54, 1.807) is 42.7 Å². The van der Waals surface area contributed by atoms with Crippen molar-refractivity contribution in [3.63, 3.8) is 0 Å². The van der Waals surface area contributed by atoms with Gasteiger partial charge in [0.05, 0.1) is 15.6 Å². The Labute approximate surface area is 131 Å². The Kier molecular flexibility index (Phi) is 3.53. The van der Waals surface area contributed by atoms with Crippen molar-refractivity contribution in [2.45, 2.75) is 0 Å². The lowest BCUT2D eigenvalue weighted by Gasteiger charge is -2.05. The lowest BCUT2D eigenvalue weighted by atomic mass is 10.0. The summed E-state index contributed by atoms with van der Waals surface area (Å²) in [5.41, 5.74) is 2.33. The molecule has 0 aliphatic rings. The third-order valence-electron chi connectivity index (χ3n) is 3.27. The van der Waals surface area contributed by atoms with E-state index in [1.807, 2.05) is 0 Å². The van der Waals surface area contributed by atoms with Crippen molar-refractivity contribution in [1.29, 1.82) is 0 Å². The number of halogens is 2. The number of pyridine rings is 1. The van der Waals surface area contributed by atoms with Crippen molar-refractivity contribution in [3.8, 4) is 0 Å². The van der Waals surface area contributed by atoms with Crippen LogP contribution < -0.4 is 0 Å². The van der Waals surface area contributed by atoms with E-state index < -0.39 is 0 Å². The lowest BCUT2D eigenvalue weighted by Crippen LogP contribution is -2.02. The number of ketones is 1. The van der Waals surface area contributed by atoms with Crippen molar-refractivity contribution < 1.29 is 4.79 Å². The van der Waals surface area contributed by atoms with Crippen LogP contribution in [-0.2, 0) is 0 Å². The molecule has 0 amide bonds. The summed E-state index contributed by atoms with van der Waals surface area (Å²) >= 11 is 12.1. The first-order chi connectivity index (χ1) is 10.1. The molecule has 0 saturated carbocycles. The number of carbonyl (C=O) groups is 1. The molecule has 2 aromatic heterocycles. The molecule has 5 heteroatoms. The Morgan fingerprint density at radius 3 is 2.81 bits per heavy atom. The third-order valence-corrected chi connectivity index (χ3v) is 4.09. The van der Waals surface area contributed by atoms with Gasteiger partial charge in [0.25, 0.3) is 0 Å². The van der Waals surface area contributed by atoms with Gasteiger partial charge in [0.15, 0.2) is 5.78 Å². The predicted octanol–water partition coefficient (Wildman–Crippen LogP) is 4.74. The molecule has 0 unspecified atom stereocenters. The maximum atomic E-state index is 12.7. The van der Waals surface area contributed by atoms with Crippen molar-refractivity contribution in [2.24, 2.45) is 0 Å². The topological polar surface area (TPSA) is 45.8 Å². The molecule has 0 spiro atoms. The highest BCUT2D eigenvalue weighted by Crippen LogP contribution is 2.30. The second-order valence-electron chi connectivity index (χ2n) is 4.46. The number of rotatable bonds is 3. The summed E-state index contributed by atoms with van der Waals surface area (Å²) < 4.78 is 0. The largest absolute Gasteiger partial charge is 0.345 e. The van der Waals surface area contributed by atoms with Gasteiger partial charge in [-0.3, -0.25) is 4.79 Å². The number of aromatic nitrogens is 2. The van der Waals surface area contributed by atoms with E-state index >= 15 is 0 Å². The minimum atomic E-state index is -0.204. The molecule has 0 saturated heterocycles. The minimum Gasteiger partial charge on any atom is -0.345 e. The number of hydrogen-bond acceptors (Lipinski definition) is 2. The normalized spacial score (nSPS) is 10.8. The average molecular weight is 317 g/mol. The van der Waals surface area contributed by atoms with Crippen LogP contribution >= 0.6 is 23.2 Å². The highest BCUT2D eigenvalue weighted by Gasteiger charge is 2.19. The lowest BCUT2D eigenvalue weighted by molar-refractivity contribution is 0.104. The van der Waals surface area contributed by atoms with E-state index in [-0.39, 0.29) is 10.8 Å². The molecule has 3 nitrogen and oxygen atoms in total. The van der Waals surface area contributed by atoms with Crippen LogP contribution in [0.3, 0.4) is 0 Å². The first-order valence-corrected chi connectivity index (χ1v) is 6.96. The molecule has 104 valence electrons. The molecule has 21 heavy (non-hydrogen) atoms. The summed E-state index contributed by atoms with van der Waals surface area (Å²) in [6.45, 7) is 3.77. The molecule has 3 aromatic rings. The Morgan fingerprint density at radius 1 is 1.24 bits per heavy atom. The van der Waals surface area contributed by atoms with Crippen LogP contribution in [0.4, 0.5) is 0 Å². The number of nitrogens with zero attached hydrogens (tertiary/aromatic N) is 1. The van der Waals surface area contributed by atoms with Gasteiger partial charge < -0.3 is 4.98 Å². The maximum absolute atomic E-state index is 12.7. The molecule has 0 atom stereocenters. The molecule has 0 bridgehead atoms.